The van der Waals surface area contributed by atoms with Crippen LogP contribution in [0.5, 0.6) is 0 Å². The van der Waals surface area contributed by atoms with Gasteiger partial charge in [0.25, 0.3) is 0 Å². The zero-order valence-corrected chi connectivity index (χ0v) is 13.2. The molecule has 1 aromatic rings. The van der Waals surface area contributed by atoms with Gasteiger partial charge < -0.3 is 0 Å². The molecule has 0 radical (unpaired) electrons. The fourth-order valence-corrected chi connectivity index (χ4v) is 4.06. The maximum Gasteiger partial charge on any atom is 0.243 e. The highest BCUT2D eigenvalue weighted by molar-refractivity contribution is 9.10. The van der Waals surface area contributed by atoms with Gasteiger partial charge in [0.15, 0.2) is 0 Å². The van der Waals surface area contributed by atoms with E-state index in [2.05, 4.69) is 15.9 Å². The molecule has 19 heavy (non-hydrogen) atoms. The van der Waals surface area contributed by atoms with Crippen molar-refractivity contribution in [2.24, 2.45) is 11.8 Å². The largest absolute Gasteiger partial charge is 0.243 e. The molecule has 1 aromatic carbocycles. The van der Waals surface area contributed by atoms with Crippen molar-refractivity contribution in [2.45, 2.75) is 30.6 Å². The van der Waals surface area contributed by atoms with Gasteiger partial charge in [-0.25, -0.2) is 8.42 Å². The van der Waals surface area contributed by atoms with Crippen molar-refractivity contribution >= 4 is 26.0 Å². The van der Waals surface area contributed by atoms with Crippen LogP contribution in [-0.2, 0) is 10.0 Å². The second-order valence-electron chi connectivity index (χ2n) is 5.66. The molecule has 0 aliphatic heterocycles. The molecule has 0 saturated heterocycles. The molecule has 104 valence electrons. The molecule has 0 amide bonds. The minimum Gasteiger partial charge on any atom is -0.207 e. The van der Waals surface area contributed by atoms with Gasteiger partial charge in [-0.15, -0.1) is 0 Å². The Morgan fingerprint density at radius 2 is 1.47 bits per heavy atom. The Bertz CT molecular complexity index is 533. The van der Waals surface area contributed by atoms with Crippen molar-refractivity contribution in [1.82, 2.24) is 4.31 Å². The fraction of sp³-hybridized carbons (Fsp3) is 0.571. The smallest absolute Gasteiger partial charge is 0.207 e. The van der Waals surface area contributed by atoms with Crippen molar-refractivity contribution in [2.75, 3.05) is 13.1 Å². The standard InChI is InChI=1S/C14H18BrNO2S/c15-13-5-7-14(8-6-13)19(17,18)16(9-11-1-2-11)10-12-3-4-12/h5-8,11-12H,1-4,9-10H2. The minimum atomic E-state index is -3.32. The third-order valence-electron chi connectivity index (χ3n) is 3.77. The summed E-state index contributed by atoms with van der Waals surface area (Å²) >= 11 is 3.34. The Hall–Kier alpha value is -0.390. The highest BCUT2D eigenvalue weighted by atomic mass is 79.9. The zero-order chi connectivity index (χ0) is 13.5. The zero-order valence-electron chi connectivity index (χ0n) is 10.8. The summed E-state index contributed by atoms with van der Waals surface area (Å²) in [5.41, 5.74) is 0. The predicted molar refractivity (Wildman–Crippen MR) is 78.3 cm³/mol. The van der Waals surface area contributed by atoms with Gasteiger partial charge in [0.05, 0.1) is 4.90 Å². The number of halogens is 1. The van der Waals surface area contributed by atoms with Gasteiger partial charge in [0.1, 0.15) is 0 Å². The van der Waals surface area contributed by atoms with Crippen molar-refractivity contribution in [3.63, 3.8) is 0 Å². The minimum absolute atomic E-state index is 0.414. The first-order chi connectivity index (χ1) is 9.05. The molecule has 2 fully saturated rings. The van der Waals surface area contributed by atoms with E-state index in [-0.39, 0.29) is 0 Å². The molecule has 2 aliphatic rings. The summed E-state index contributed by atoms with van der Waals surface area (Å²) in [5, 5.41) is 0. The van der Waals surface area contributed by atoms with Gasteiger partial charge in [0, 0.05) is 17.6 Å². The number of sulfonamides is 1. The summed E-state index contributed by atoms with van der Waals surface area (Å²) in [5.74, 6) is 1.17. The maximum atomic E-state index is 12.7. The topological polar surface area (TPSA) is 37.4 Å². The number of rotatable bonds is 6. The Kier molecular flexibility index (Phi) is 3.71. The van der Waals surface area contributed by atoms with Gasteiger partial charge in [-0.2, -0.15) is 4.31 Å². The van der Waals surface area contributed by atoms with E-state index < -0.39 is 10.0 Å². The number of hydrogen-bond acceptors (Lipinski definition) is 2. The molecule has 0 aromatic heterocycles. The summed E-state index contributed by atoms with van der Waals surface area (Å²) in [6, 6.07) is 6.96. The van der Waals surface area contributed by atoms with Crippen LogP contribution < -0.4 is 0 Å². The van der Waals surface area contributed by atoms with Crippen LogP contribution in [-0.4, -0.2) is 25.8 Å². The second kappa shape index (κ2) is 5.19. The predicted octanol–water partition coefficient (Wildman–Crippen LogP) is 3.26. The Labute approximate surface area is 123 Å². The molecular formula is C14H18BrNO2S. The summed E-state index contributed by atoms with van der Waals surface area (Å²) < 4.78 is 28.0. The average Bonchev–Trinajstić information content (AvgIpc) is 3.23. The van der Waals surface area contributed by atoms with E-state index in [1.165, 1.54) is 25.7 Å². The molecule has 3 nitrogen and oxygen atoms in total. The molecule has 5 heteroatoms. The third kappa shape index (κ3) is 3.38. The van der Waals surface area contributed by atoms with Crippen molar-refractivity contribution < 1.29 is 8.42 Å². The quantitative estimate of drug-likeness (QED) is 0.794. The maximum absolute atomic E-state index is 12.7. The van der Waals surface area contributed by atoms with Crippen LogP contribution in [0, 0.1) is 11.8 Å². The van der Waals surface area contributed by atoms with E-state index in [0.717, 1.165) is 4.47 Å². The lowest BCUT2D eigenvalue weighted by atomic mass is 10.4. The highest BCUT2D eigenvalue weighted by Gasteiger charge is 2.35. The average molecular weight is 344 g/mol. The van der Waals surface area contributed by atoms with Crippen LogP contribution in [0.25, 0.3) is 0 Å². The molecule has 3 rings (SSSR count). The van der Waals surface area contributed by atoms with Crippen LogP contribution >= 0.6 is 15.9 Å². The van der Waals surface area contributed by atoms with E-state index in [1.54, 1.807) is 28.6 Å². The summed E-state index contributed by atoms with van der Waals surface area (Å²) in [7, 11) is -3.32. The van der Waals surface area contributed by atoms with Crippen molar-refractivity contribution in [1.29, 1.82) is 0 Å². The van der Waals surface area contributed by atoms with Gasteiger partial charge in [-0.05, 0) is 61.8 Å². The molecule has 0 spiro atoms. The first-order valence-corrected chi connectivity index (χ1v) is 9.05. The van der Waals surface area contributed by atoms with E-state index >= 15 is 0 Å². The van der Waals surface area contributed by atoms with Crippen LogP contribution in [0.1, 0.15) is 25.7 Å². The second-order valence-corrected chi connectivity index (χ2v) is 8.52. The lowest BCUT2D eigenvalue weighted by Gasteiger charge is -2.22. The van der Waals surface area contributed by atoms with Crippen molar-refractivity contribution in [3.05, 3.63) is 28.7 Å². The molecule has 2 aliphatic carbocycles. The molecule has 2 saturated carbocycles. The van der Waals surface area contributed by atoms with Crippen LogP contribution in [0.4, 0.5) is 0 Å². The Morgan fingerprint density at radius 3 is 1.89 bits per heavy atom. The first kappa shape index (κ1) is 13.6. The third-order valence-corrected chi connectivity index (χ3v) is 6.14. The van der Waals surface area contributed by atoms with Gasteiger partial charge in [-0.3, -0.25) is 0 Å². The number of hydrogen-bond donors (Lipinski definition) is 0. The lowest BCUT2D eigenvalue weighted by Crippen LogP contribution is -2.34. The number of nitrogens with zero attached hydrogens (tertiary/aromatic N) is 1. The Morgan fingerprint density at radius 1 is 1.00 bits per heavy atom. The van der Waals surface area contributed by atoms with E-state index in [0.29, 0.717) is 29.8 Å². The monoisotopic (exact) mass is 343 g/mol. The summed E-state index contributed by atoms with van der Waals surface area (Å²) in [6.45, 7) is 1.41. The number of benzene rings is 1. The highest BCUT2D eigenvalue weighted by Crippen LogP contribution is 2.36. The van der Waals surface area contributed by atoms with Crippen LogP contribution in [0.15, 0.2) is 33.6 Å². The van der Waals surface area contributed by atoms with E-state index in [4.69, 9.17) is 0 Å². The first-order valence-electron chi connectivity index (χ1n) is 6.81. The Balaban J connectivity index is 1.82. The van der Waals surface area contributed by atoms with E-state index in [9.17, 15) is 8.42 Å². The summed E-state index contributed by atoms with van der Waals surface area (Å²) in [6.07, 6.45) is 4.71. The fourth-order valence-electron chi connectivity index (χ4n) is 2.20. The van der Waals surface area contributed by atoms with Crippen LogP contribution in [0.3, 0.4) is 0 Å². The lowest BCUT2D eigenvalue weighted by molar-refractivity contribution is 0.382. The molecule has 0 unspecified atom stereocenters. The molecule has 0 heterocycles. The summed E-state index contributed by atoms with van der Waals surface area (Å²) in [4.78, 5) is 0.414. The molecular weight excluding hydrogens is 326 g/mol. The molecule has 0 bridgehead atoms. The van der Waals surface area contributed by atoms with Gasteiger partial charge in [-0.1, -0.05) is 15.9 Å². The van der Waals surface area contributed by atoms with Crippen molar-refractivity contribution in [3.8, 4) is 0 Å². The van der Waals surface area contributed by atoms with Crippen LogP contribution in [0.2, 0.25) is 0 Å². The van der Waals surface area contributed by atoms with Gasteiger partial charge >= 0.3 is 0 Å². The van der Waals surface area contributed by atoms with E-state index in [1.807, 2.05) is 0 Å². The normalized spacial score (nSPS) is 19.9. The SMILES string of the molecule is O=S(=O)(c1ccc(Br)cc1)N(CC1CC1)CC1CC1. The molecule has 0 N–H and O–H groups in total. The van der Waals surface area contributed by atoms with Gasteiger partial charge in [0.2, 0.25) is 10.0 Å². The molecule has 0 atom stereocenters.